The molecule has 0 aliphatic rings. The fourth-order valence-electron chi connectivity index (χ4n) is 3.04. The van der Waals surface area contributed by atoms with Gasteiger partial charge < -0.3 is 21.9 Å². The lowest BCUT2D eigenvalue weighted by Gasteiger charge is -2.17. The number of rotatable bonds is 3. The highest BCUT2D eigenvalue weighted by Crippen LogP contribution is 2.37. The number of nitrogens with one attached hydrogen (secondary N) is 2. The van der Waals surface area contributed by atoms with Crippen LogP contribution in [0.15, 0.2) is 23.1 Å². The van der Waals surface area contributed by atoms with Crippen LogP contribution in [0.1, 0.15) is 23.7 Å². The highest BCUT2D eigenvalue weighted by Gasteiger charge is 2.20. The first-order valence-corrected chi connectivity index (χ1v) is 7.79. The number of anilines is 2. The van der Waals surface area contributed by atoms with Gasteiger partial charge in [-0.15, -0.1) is 0 Å². The molecule has 6 nitrogen and oxygen atoms in total. The fourth-order valence-corrected chi connectivity index (χ4v) is 3.04. The number of aryl methyl sites for hydroxylation is 2. The smallest absolute Gasteiger partial charge is 0.272 e. The molecule has 0 aliphatic heterocycles. The van der Waals surface area contributed by atoms with Gasteiger partial charge in [-0.1, -0.05) is 13.0 Å². The topological polar surface area (TPSA) is 122 Å². The number of fused-ring (bicyclic) bond motifs is 1. The zero-order valence-corrected chi connectivity index (χ0v) is 13.9. The minimum absolute atomic E-state index is 0.00177. The van der Waals surface area contributed by atoms with Gasteiger partial charge in [0.25, 0.3) is 5.56 Å². The summed E-state index contributed by atoms with van der Waals surface area (Å²) in [6, 6.07) is 2.70. The fraction of sp³-hybridized carbons (Fsp3) is 0.167. The number of nitrogen functional groups attached to an aromatic ring is 2. The molecule has 0 atom stereocenters. The van der Waals surface area contributed by atoms with Gasteiger partial charge in [0.1, 0.15) is 11.5 Å². The Labute approximate surface area is 143 Å². The number of hydrogen-bond donors (Lipinski definition) is 4. The molecule has 7 heteroatoms. The minimum atomic E-state index is -0.622. The first-order valence-electron chi connectivity index (χ1n) is 7.79. The summed E-state index contributed by atoms with van der Waals surface area (Å²) in [5.74, 6) is -0.622. The molecule has 2 aromatic heterocycles. The van der Waals surface area contributed by atoms with E-state index in [0.29, 0.717) is 28.8 Å². The maximum absolute atomic E-state index is 13.8. The molecule has 0 saturated carbocycles. The number of hydrogen-bond acceptors (Lipinski definition) is 5. The third kappa shape index (κ3) is 2.44. The van der Waals surface area contributed by atoms with Gasteiger partial charge in [-0.3, -0.25) is 9.78 Å². The van der Waals surface area contributed by atoms with Crippen molar-refractivity contribution >= 4 is 28.5 Å². The van der Waals surface area contributed by atoms with Crippen molar-refractivity contribution < 1.29 is 4.39 Å². The molecule has 0 amide bonds. The molecule has 0 bridgehead atoms. The molecule has 25 heavy (non-hydrogen) atoms. The van der Waals surface area contributed by atoms with Crippen molar-refractivity contribution in [3.05, 3.63) is 51.3 Å². The Morgan fingerprint density at radius 1 is 1.32 bits per heavy atom. The number of aromatic nitrogens is 2. The normalized spacial score (nSPS) is 11.0. The van der Waals surface area contributed by atoms with Gasteiger partial charge in [-0.05, 0) is 30.5 Å². The average molecular weight is 339 g/mol. The van der Waals surface area contributed by atoms with E-state index in [2.05, 4.69) is 9.97 Å². The standard InChI is InChI=1S/C18H18FN5O/c1-3-9-7-23-8(2)17-13(9)14(16(22)18(25)24-17)10-4-5-12(19)15(21)11(10)6-20/h4-7,20H,3,21-22H2,1-2H3,(H,24,25). The Bertz CT molecular complexity index is 1070. The van der Waals surface area contributed by atoms with Crippen molar-refractivity contribution in [3.8, 4) is 11.1 Å². The number of nitrogens with two attached hydrogens (primary N) is 2. The number of H-pyrrole nitrogens is 1. The van der Waals surface area contributed by atoms with Gasteiger partial charge in [0.2, 0.25) is 0 Å². The Balaban J connectivity index is 2.60. The van der Waals surface area contributed by atoms with Crippen molar-refractivity contribution in [2.45, 2.75) is 20.3 Å². The molecule has 6 N–H and O–H groups in total. The first kappa shape index (κ1) is 16.6. The van der Waals surface area contributed by atoms with Crippen LogP contribution in [0, 0.1) is 18.2 Å². The molecule has 0 saturated heterocycles. The largest absolute Gasteiger partial charge is 0.396 e. The van der Waals surface area contributed by atoms with Gasteiger partial charge in [0.15, 0.2) is 0 Å². The van der Waals surface area contributed by atoms with E-state index in [1.807, 2.05) is 6.92 Å². The van der Waals surface area contributed by atoms with Crippen molar-refractivity contribution in [2.24, 2.45) is 0 Å². The predicted octanol–water partition coefficient (Wildman–Crippen LogP) is 2.76. The van der Waals surface area contributed by atoms with Crippen molar-refractivity contribution in [3.63, 3.8) is 0 Å². The molecule has 3 aromatic rings. The number of pyridine rings is 2. The van der Waals surface area contributed by atoms with Gasteiger partial charge >= 0.3 is 0 Å². The van der Waals surface area contributed by atoms with Crippen LogP contribution in [0.5, 0.6) is 0 Å². The van der Waals surface area contributed by atoms with Crippen LogP contribution in [0.2, 0.25) is 0 Å². The molecule has 0 unspecified atom stereocenters. The Hall–Kier alpha value is -3.22. The van der Waals surface area contributed by atoms with E-state index in [1.54, 1.807) is 13.1 Å². The summed E-state index contributed by atoms with van der Waals surface area (Å²) in [4.78, 5) is 19.4. The molecule has 128 valence electrons. The number of halogens is 1. The van der Waals surface area contributed by atoms with Crippen LogP contribution in [-0.4, -0.2) is 16.2 Å². The van der Waals surface area contributed by atoms with E-state index >= 15 is 0 Å². The predicted molar refractivity (Wildman–Crippen MR) is 98.6 cm³/mol. The van der Waals surface area contributed by atoms with E-state index < -0.39 is 11.4 Å². The SMILES string of the molecule is CCc1cnc(C)c2[nH]c(=O)c(N)c(-c3ccc(F)c(N)c3C=N)c12. The van der Waals surface area contributed by atoms with Gasteiger partial charge in [-0.25, -0.2) is 4.39 Å². The maximum atomic E-state index is 13.8. The molecule has 3 rings (SSSR count). The summed E-state index contributed by atoms with van der Waals surface area (Å²) >= 11 is 0. The molecular formula is C18H18FN5O. The number of aromatic amines is 1. The third-order valence-electron chi connectivity index (χ3n) is 4.38. The van der Waals surface area contributed by atoms with Crippen LogP contribution in [0.25, 0.3) is 22.0 Å². The summed E-state index contributed by atoms with van der Waals surface area (Å²) in [6.07, 6.45) is 3.37. The highest BCUT2D eigenvalue weighted by molar-refractivity contribution is 6.07. The lowest BCUT2D eigenvalue weighted by atomic mass is 9.92. The highest BCUT2D eigenvalue weighted by atomic mass is 19.1. The molecule has 1 aromatic carbocycles. The summed E-state index contributed by atoms with van der Waals surface area (Å²) in [5, 5.41) is 8.37. The molecule has 0 spiro atoms. The first-order chi connectivity index (χ1) is 11.9. The van der Waals surface area contributed by atoms with E-state index in [0.717, 1.165) is 17.2 Å². The zero-order valence-electron chi connectivity index (χ0n) is 13.9. The average Bonchev–Trinajstić information content (AvgIpc) is 2.60. The molecule has 2 heterocycles. The van der Waals surface area contributed by atoms with Crippen molar-refractivity contribution in [2.75, 3.05) is 11.5 Å². The van der Waals surface area contributed by atoms with Crippen molar-refractivity contribution in [1.82, 2.24) is 9.97 Å². The Morgan fingerprint density at radius 3 is 2.68 bits per heavy atom. The number of benzene rings is 1. The summed E-state index contributed by atoms with van der Waals surface area (Å²) in [5.41, 5.74) is 14.5. The molecular weight excluding hydrogens is 321 g/mol. The lowest BCUT2D eigenvalue weighted by Crippen LogP contribution is -2.16. The minimum Gasteiger partial charge on any atom is -0.396 e. The van der Waals surface area contributed by atoms with Crippen LogP contribution in [0.4, 0.5) is 15.8 Å². The number of nitrogens with zero attached hydrogens (tertiary/aromatic N) is 1. The van der Waals surface area contributed by atoms with E-state index in [9.17, 15) is 9.18 Å². The Kier molecular flexibility index (Phi) is 4.00. The summed E-state index contributed by atoms with van der Waals surface area (Å²) < 4.78 is 13.8. The second-order valence-corrected chi connectivity index (χ2v) is 5.78. The van der Waals surface area contributed by atoms with Crippen LogP contribution < -0.4 is 17.0 Å². The van der Waals surface area contributed by atoms with Crippen LogP contribution in [0.3, 0.4) is 0 Å². The van der Waals surface area contributed by atoms with Gasteiger partial charge in [0.05, 0.1) is 16.9 Å². The van der Waals surface area contributed by atoms with Crippen LogP contribution in [-0.2, 0) is 6.42 Å². The third-order valence-corrected chi connectivity index (χ3v) is 4.38. The molecule has 0 radical (unpaired) electrons. The van der Waals surface area contributed by atoms with Crippen molar-refractivity contribution in [1.29, 1.82) is 5.41 Å². The molecule has 0 aliphatic carbocycles. The second kappa shape index (κ2) is 6.01. The van der Waals surface area contributed by atoms with E-state index in [1.165, 1.54) is 12.1 Å². The lowest BCUT2D eigenvalue weighted by molar-refractivity contribution is 0.632. The quantitative estimate of drug-likeness (QED) is 0.433. The maximum Gasteiger partial charge on any atom is 0.272 e. The summed E-state index contributed by atoms with van der Waals surface area (Å²) in [6.45, 7) is 3.75. The van der Waals surface area contributed by atoms with Crippen LogP contribution >= 0.6 is 0 Å². The van der Waals surface area contributed by atoms with Gasteiger partial charge in [0, 0.05) is 28.9 Å². The monoisotopic (exact) mass is 339 g/mol. The summed E-state index contributed by atoms with van der Waals surface area (Å²) in [7, 11) is 0. The van der Waals surface area contributed by atoms with E-state index in [-0.39, 0.29) is 16.9 Å². The zero-order chi connectivity index (χ0) is 18.3. The van der Waals surface area contributed by atoms with Gasteiger partial charge in [-0.2, -0.15) is 0 Å². The molecule has 0 fully saturated rings. The Morgan fingerprint density at radius 2 is 2.04 bits per heavy atom. The van der Waals surface area contributed by atoms with E-state index in [4.69, 9.17) is 16.9 Å². The second-order valence-electron chi connectivity index (χ2n) is 5.78.